The highest BCUT2D eigenvalue weighted by Crippen LogP contribution is 2.23. The van der Waals surface area contributed by atoms with E-state index in [9.17, 15) is 10.1 Å². The van der Waals surface area contributed by atoms with Crippen molar-refractivity contribution in [2.24, 2.45) is 5.90 Å². The van der Waals surface area contributed by atoms with Crippen LogP contribution in [0.15, 0.2) is 18.2 Å². The Morgan fingerprint density at radius 3 is 2.73 bits per heavy atom. The molecule has 0 amide bonds. The van der Waals surface area contributed by atoms with Gasteiger partial charge in [-0.1, -0.05) is 13.0 Å². The molecular weight excluding hydrogens is 196 g/mol. The van der Waals surface area contributed by atoms with Gasteiger partial charge in [-0.15, -0.1) is 0 Å². The topological polar surface area (TPSA) is 78.4 Å². The molecule has 1 atom stereocenters. The molecule has 0 saturated carbocycles. The largest absolute Gasteiger partial charge is 0.304 e. The van der Waals surface area contributed by atoms with Crippen LogP contribution in [0.2, 0.25) is 0 Å². The zero-order chi connectivity index (χ0) is 11.4. The van der Waals surface area contributed by atoms with E-state index in [-0.39, 0.29) is 16.5 Å². The summed E-state index contributed by atoms with van der Waals surface area (Å²) in [5.74, 6) is 5.11. The molecule has 0 heterocycles. The molecule has 0 bridgehead atoms. The Bertz CT molecular complexity index is 366. The lowest BCUT2D eigenvalue weighted by molar-refractivity contribution is -0.385. The van der Waals surface area contributed by atoms with Gasteiger partial charge in [0.15, 0.2) is 0 Å². The molecule has 0 fully saturated rings. The van der Waals surface area contributed by atoms with Crippen molar-refractivity contribution in [1.29, 1.82) is 0 Å². The normalized spacial score (nSPS) is 12.5. The van der Waals surface area contributed by atoms with Gasteiger partial charge in [-0.2, -0.15) is 0 Å². The fraction of sp³-hybridized carbons (Fsp3) is 0.400. The monoisotopic (exact) mass is 210 g/mol. The quantitative estimate of drug-likeness (QED) is 0.608. The summed E-state index contributed by atoms with van der Waals surface area (Å²) in [6, 6.07) is 5.04. The first kappa shape index (κ1) is 11.6. The van der Waals surface area contributed by atoms with E-state index in [0.29, 0.717) is 12.2 Å². The first-order valence-electron chi connectivity index (χ1n) is 4.63. The molecule has 0 radical (unpaired) electrons. The van der Waals surface area contributed by atoms with Gasteiger partial charge in [0.25, 0.3) is 5.69 Å². The third-order valence-electron chi connectivity index (χ3n) is 2.33. The van der Waals surface area contributed by atoms with Crippen molar-refractivity contribution in [2.75, 3.05) is 6.61 Å². The van der Waals surface area contributed by atoms with Crippen molar-refractivity contribution in [2.45, 2.75) is 19.8 Å². The van der Waals surface area contributed by atoms with Crippen LogP contribution in [0.25, 0.3) is 0 Å². The number of benzene rings is 1. The average molecular weight is 210 g/mol. The minimum absolute atomic E-state index is 0.134. The molecule has 1 rings (SSSR count). The SMILES string of the molecule is Cc1cc(C(C)CON)ccc1[N+](=O)[O-]. The van der Waals surface area contributed by atoms with E-state index in [1.807, 2.05) is 6.92 Å². The lowest BCUT2D eigenvalue weighted by Gasteiger charge is -2.10. The lowest BCUT2D eigenvalue weighted by Crippen LogP contribution is -2.08. The molecule has 0 aromatic heterocycles. The van der Waals surface area contributed by atoms with E-state index in [2.05, 4.69) is 4.84 Å². The second-order valence-electron chi connectivity index (χ2n) is 3.54. The van der Waals surface area contributed by atoms with Crippen LogP contribution in [-0.2, 0) is 4.84 Å². The lowest BCUT2D eigenvalue weighted by atomic mass is 9.99. The fourth-order valence-electron chi connectivity index (χ4n) is 1.43. The summed E-state index contributed by atoms with van der Waals surface area (Å²) in [7, 11) is 0. The van der Waals surface area contributed by atoms with E-state index in [1.165, 1.54) is 6.07 Å². The third kappa shape index (κ3) is 2.74. The minimum Gasteiger partial charge on any atom is -0.304 e. The number of nitro groups is 1. The van der Waals surface area contributed by atoms with Gasteiger partial charge in [-0.3, -0.25) is 10.1 Å². The van der Waals surface area contributed by atoms with Crippen LogP contribution in [0.3, 0.4) is 0 Å². The Morgan fingerprint density at radius 1 is 1.60 bits per heavy atom. The standard InChI is InChI=1S/C10H14N2O3/c1-7-5-9(8(2)6-15-11)3-4-10(7)12(13)14/h3-5,8H,6,11H2,1-2H3. The van der Waals surface area contributed by atoms with Crippen molar-refractivity contribution in [3.63, 3.8) is 0 Å². The van der Waals surface area contributed by atoms with Gasteiger partial charge in [0.05, 0.1) is 11.5 Å². The molecule has 5 heteroatoms. The predicted molar refractivity (Wildman–Crippen MR) is 56.4 cm³/mol. The smallest absolute Gasteiger partial charge is 0.272 e. The van der Waals surface area contributed by atoms with Gasteiger partial charge < -0.3 is 4.84 Å². The first-order valence-corrected chi connectivity index (χ1v) is 4.63. The summed E-state index contributed by atoms with van der Waals surface area (Å²) in [5.41, 5.74) is 1.78. The summed E-state index contributed by atoms with van der Waals surface area (Å²) in [6.07, 6.45) is 0. The van der Waals surface area contributed by atoms with Crippen molar-refractivity contribution < 1.29 is 9.76 Å². The average Bonchev–Trinajstić information content (AvgIpc) is 2.17. The molecule has 0 aliphatic heterocycles. The predicted octanol–water partition coefficient (Wildman–Crippen LogP) is 1.90. The molecule has 1 aromatic carbocycles. The maximum absolute atomic E-state index is 10.6. The van der Waals surface area contributed by atoms with Crippen LogP contribution in [0, 0.1) is 17.0 Å². The zero-order valence-electron chi connectivity index (χ0n) is 8.77. The molecule has 1 aromatic rings. The van der Waals surface area contributed by atoms with Crippen LogP contribution in [0.5, 0.6) is 0 Å². The summed E-state index contributed by atoms with van der Waals surface area (Å²) in [6.45, 7) is 4.07. The van der Waals surface area contributed by atoms with Gasteiger partial charge >= 0.3 is 0 Å². The number of nitrogens with two attached hydrogens (primary N) is 1. The van der Waals surface area contributed by atoms with Crippen molar-refractivity contribution in [3.8, 4) is 0 Å². The van der Waals surface area contributed by atoms with Gasteiger partial charge in [-0.25, -0.2) is 5.90 Å². The Labute approximate surface area is 88.0 Å². The van der Waals surface area contributed by atoms with Gasteiger partial charge in [0, 0.05) is 17.5 Å². The summed E-state index contributed by atoms with van der Waals surface area (Å²) < 4.78 is 0. The molecule has 0 spiro atoms. The number of hydrogen-bond donors (Lipinski definition) is 1. The van der Waals surface area contributed by atoms with Gasteiger partial charge in [-0.05, 0) is 18.6 Å². The molecule has 0 aliphatic rings. The van der Waals surface area contributed by atoms with E-state index >= 15 is 0 Å². The van der Waals surface area contributed by atoms with Crippen LogP contribution < -0.4 is 5.90 Å². The minimum atomic E-state index is -0.386. The Morgan fingerprint density at radius 2 is 2.27 bits per heavy atom. The van der Waals surface area contributed by atoms with Gasteiger partial charge in [0.1, 0.15) is 0 Å². The summed E-state index contributed by atoms with van der Waals surface area (Å²) >= 11 is 0. The number of hydrogen-bond acceptors (Lipinski definition) is 4. The van der Waals surface area contributed by atoms with Crippen molar-refractivity contribution >= 4 is 5.69 Å². The zero-order valence-corrected chi connectivity index (χ0v) is 8.77. The fourth-order valence-corrected chi connectivity index (χ4v) is 1.43. The molecule has 0 saturated heterocycles. The number of rotatable bonds is 4. The van der Waals surface area contributed by atoms with E-state index in [1.54, 1.807) is 19.1 Å². The van der Waals surface area contributed by atoms with E-state index in [4.69, 9.17) is 5.90 Å². The molecule has 0 aliphatic carbocycles. The highest BCUT2D eigenvalue weighted by Gasteiger charge is 2.13. The van der Waals surface area contributed by atoms with Crippen LogP contribution in [0.4, 0.5) is 5.69 Å². The van der Waals surface area contributed by atoms with E-state index in [0.717, 1.165) is 5.56 Å². The Kier molecular flexibility index (Phi) is 3.76. The summed E-state index contributed by atoms with van der Waals surface area (Å²) in [5, 5.41) is 10.6. The molecule has 5 nitrogen and oxygen atoms in total. The number of aryl methyl sites for hydroxylation is 1. The van der Waals surface area contributed by atoms with Crippen molar-refractivity contribution in [1.82, 2.24) is 0 Å². The number of nitro benzene ring substituents is 1. The van der Waals surface area contributed by atoms with E-state index < -0.39 is 0 Å². The Balaban J connectivity index is 2.96. The van der Waals surface area contributed by atoms with Gasteiger partial charge in [0.2, 0.25) is 0 Å². The molecule has 15 heavy (non-hydrogen) atoms. The van der Waals surface area contributed by atoms with Crippen LogP contribution in [0.1, 0.15) is 24.0 Å². The van der Waals surface area contributed by atoms with Crippen molar-refractivity contribution in [3.05, 3.63) is 39.4 Å². The van der Waals surface area contributed by atoms with Crippen LogP contribution >= 0.6 is 0 Å². The third-order valence-corrected chi connectivity index (χ3v) is 2.33. The van der Waals surface area contributed by atoms with Crippen LogP contribution in [-0.4, -0.2) is 11.5 Å². The maximum Gasteiger partial charge on any atom is 0.272 e. The first-order chi connectivity index (χ1) is 7.06. The molecule has 2 N–H and O–H groups in total. The Hall–Kier alpha value is -1.46. The molecule has 82 valence electrons. The number of nitrogens with zero attached hydrogens (tertiary/aromatic N) is 1. The highest BCUT2D eigenvalue weighted by molar-refractivity contribution is 5.42. The second kappa shape index (κ2) is 4.86. The second-order valence-corrected chi connectivity index (χ2v) is 3.54. The molecular formula is C10H14N2O3. The maximum atomic E-state index is 10.6. The molecule has 1 unspecified atom stereocenters. The summed E-state index contributed by atoms with van der Waals surface area (Å²) in [4.78, 5) is 14.7. The highest BCUT2D eigenvalue weighted by atomic mass is 16.6.